The fourth-order valence-corrected chi connectivity index (χ4v) is 4.09. The van der Waals surface area contributed by atoms with Crippen molar-refractivity contribution in [2.24, 2.45) is 0 Å². The Kier molecular flexibility index (Phi) is 10.8. The molecule has 1 saturated heterocycles. The first-order valence-electron chi connectivity index (χ1n) is 12.2. The third-order valence-electron chi connectivity index (χ3n) is 6.10. The van der Waals surface area contributed by atoms with Gasteiger partial charge in [-0.15, -0.1) is 0 Å². The molecule has 206 valence electrons. The van der Waals surface area contributed by atoms with E-state index >= 15 is 0 Å². The molecule has 1 heterocycles. The number of carbonyl (C=O) groups is 2. The van der Waals surface area contributed by atoms with Gasteiger partial charge >= 0.3 is 11.9 Å². The number of aliphatic carboxylic acids is 2. The van der Waals surface area contributed by atoms with Crippen LogP contribution in [0.25, 0.3) is 0 Å². The molecule has 3 aromatic rings. The Morgan fingerprint density at radius 3 is 2.00 bits per heavy atom. The quantitative estimate of drug-likeness (QED) is 0.236. The Morgan fingerprint density at radius 2 is 1.41 bits per heavy atom. The number of benzene rings is 3. The van der Waals surface area contributed by atoms with Crippen LogP contribution in [-0.4, -0.2) is 70.2 Å². The van der Waals surface area contributed by atoms with Crippen LogP contribution in [0.4, 0.5) is 5.69 Å². The maximum absolute atomic E-state index is 11.3. The molecule has 39 heavy (non-hydrogen) atoms. The third-order valence-corrected chi connectivity index (χ3v) is 6.10. The fourth-order valence-electron chi connectivity index (χ4n) is 4.09. The summed E-state index contributed by atoms with van der Waals surface area (Å²) in [5.41, 5.74) is 3.25. The van der Waals surface area contributed by atoms with Gasteiger partial charge in [0.25, 0.3) is 5.69 Å². The first kappa shape index (κ1) is 29.1. The highest BCUT2D eigenvalue weighted by molar-refractivity contribution is 6.27. The summed E-state index contributed by atoms with van der Waals surface area (Å²) in [5.74, 6) is -2.18. The van der Waals surface area contributed by atoms with E-state index < -0.39 is 11.9 Å². The number of hydrogen-bond acceptors (Lipinski definition) is 8. The van der Waals surface area contributed by atoms with Gasteiger partial charge in [-0.05, 0) is 23.3 Å². The van der Waals surface area contributed by atoms with E-state index in [1.165, 1.54) is 5.56 Å². The van der Waals surface area contributed by atoms with E-state index in [9.17, 15) is 10.1 Å². The molecule has 0 amide bonds. The minimum atomic E-state index is -1.82. The lowest BCUT2D eigenvalue weighted by Crippen LogP contribution is -2.45. The first-order valence-corrected chi connectivity index (χ1v) is 12.2. The molecule has 1 aliphatic heterocycles. The van der Waals surface area contributed by atoms with Crippen molar-refractivity contribution in [3.8, 4) is 11.5 Å². The van der Waals surface area contributed by atoms with Crippen LogP contribution in [0.3, 0.4) is 0 Å². The van der Waals surface area contributed by atoms with Crippen molar-refractivity contribution in [1.82, 2.24) is 9.80 Å². The summed E-state index contributed by atoms with van der Waals surface area (Å²) in [7, 11) is 1.65. The predicted octanol–water partition coefficient (Wildman–Crippen LogP) is 3.66. The maximum Gasteiger partial charge on any atom is 0.414 e. The van der Waals surface area contributed by atoms with Gasteiger partial charge in [0.1, 0.15) is 6.61 Å². The number of para-hydroxylation sites is 1. The van der Waals surface area contributed by atoms with Gasteiger partial charge in [-0.25, -0.2) is 9.59 Å². The number of methoxy groups -OCH3 is 1. The molecule has 0 atom stereocenters. The van der Waals surface area contributed by atoms with E-state index in [1.54, 1.807) is 19.2 Å². The van der Waals surface area contributed by atoms with Gasteiger partial charge in [0, 0.05) is 50.9 Å². The minimum Gasteiger partial charge on any atom is -0.493 e. The smallest absolute Gasteiger partial charge is 0.414 e. The predicted molar refractivity (Wildman–Crippen MR) is 143 cm³/mol. The summed E-state index contributed by atoms with van der Waals surface area (Å²) < 4.78 is 11.5. The summed E-state index contributed by atoms with van der Waals surface area (Å²) in [4.78, 5) is 33.9. The zero-order valence-electron chi connectivity index (χ0n) is 21.6. The molecule has 0 radical (unpaired) electrons. The molecule has 1 aliphatic rings. The van der Waals surface area contributed by atoms with Crippen molar-refractivity contribution in [2.75, 3.05) is 33.3 Å². The molecule has 0 aromatic heterocycles. The van der Waals surface area contributed by atoms with E-state index in [4.69, 9.17) is 29.3 Å². The zero-order chi connectivity index (χ0) is 28.2. The Hall–Kier alpha value is -4.48. The van der Waals surface area contributed by atoms with Crippen LogP contribution in [0.2, 0.25) is 0 Å². The van der Waals surface area contributed by atoms with Crippen LogP contribution in [-0.2, 0) is 29.3 Å². The number of carboxylic acid groups (broad SMARTS) is 2. The van der Waals surface area contributed by atoms with Gasteiger partial charge in [0.2, 0.25) is 0 Å². The SMILES string of the molecule is COc1ccc(CN2CCN(Cc3ccccc3[N+](=O)[O-])CC2)cc1OCc1ccccc1.O=C(O)C(=O)O. The molecule has 0 aliphatic carbocycles. The van der Waals surface area contributed by atoms with Crippen LogP contribution in [0, 0.1) is 10.1 Å². The number of nitro groups is 1. The molecule has 3 aromatic carbocycles. The normalized spacial score (nSPS) is 13.6. The molecule has 11 nitrogen and oxygen atoms in total. The molecule has 0 saturated carbocycles. The maximum atomic E-state index is 11.3. The van der Waals surface area contributed by atoms with Crippen molar-refractivity contribution >= 4 is 17.6 Å². The van der Waals surface area contributed by atoms with E-state index in [0.717, 1.165) is 55.3 Å². The number of hydrogen-bond donors (Lipinski definition) is 2. The van der Waals surface area contributed by atoms with Crippen molar-refractivity contribution < 1.29 is 34.2 Å². The van der Waals surface area contributed by atoms with E-state index in [2.05, 4.69) is 21.9 Å². The van der Waals surface area contributed by atoms with Crippen molar-refractivity contribution in [1.29, 1.82) is 0 Å². The lowest BCUT2D eigenvalue weighted by molar-refractivity contribution is -0.385. The number of nitrogens with zero attached hydrogens (tertiary/aromatic N) is 3. The van der Waals surface area contributed by atoms with Crippen LogP contribution in [0.5, 0.6) is 11.5 Å². The van der Waals surface area contributed by atoms with Crippen LogP contribution < -0.4 is 9.47 Å². The number of rotatable bonds is 9. The van der Waals surface area contributed by atoms with Gasteiger partial charge in [0.05, 0.1) is 12.0 Å². The average molecular weight is 538 g/mol. The second-order valence-corrected chi connectivity index (χ2v) is 8.81. The first-order chi connectivity index (χ1) is 18.8. The summed E-state index contributed by atoms with van der Waals surface area (Å²) in [5, 5.41) is 26.1. The van der Waals surface area contributed by atoms with Crippen molar-refractivity contribution in [2.45, 2.75) is 19.7 Å². The van der Waals surface area contributed by atoms with Crippen molar-refractivity contribution in [3.05, 3.63) is 99.6 Å². The second kappa shape index (κ2) is 14.5. The number of piperazine rings is 1. The van der Waals surface area contributed by atoms with Gasteiger partial charge in [0.15, 0.2) is 11.5 Å². The van der Waals surface area contributed by atoms with Gasteiger partial charge < -0.3 is 19.7 Å². The Balaban J connectivity index is 0.000000631. The lowest BCUT2D eigenvalue weighted by atomic mass is 10.1. The van der Waals surface area contributed by atoms with E-state index in [1.807, 2.05) is 48.5 Å². The topological polar surface area (TPSA) is 143 Å². The minimum absolute atomic E-state index is 0.196. The van der Waals surface area contributed by atoms with Crippen molar-refractivity contribution in [3.63, 3.8) is 0 Å². The van der Waals surface area contributed by atoms with Crippen LogP contribution in [0.1, 0.15) is 16.7 Å². The molecule has 2 N–H and O–H groups in total. The van der Waals surface area contributed by atoms with Crippen LogP contribution in [0.15, 0.2) is 72.8 Å². The lowest BCUT2D eigenvalue weighted by Gasteiger charge is -2.34. The average Bonchev–Trinajstić information content (AvgIpc) is 2.94. The van der Waals surface area contributed by atoms with E-state index in [0.29, 0.717) is 13.2 Å². The Bertz CT molecular complexity index is 1250. The summed E-state index contributed by atoms with van der Waals surface area (Å²) >= 11 is 0. The molecule has 11 heteroatoms. The standard InChI is InChI=1S/C26H29N3O4.C2H2O4/c1-32-25-12-11-22(17-26(25)33-20-21-7-3-2-4-8-21)18-27-13-15-28(16-14-27)19-23-9-5-6-10-24(23)29(30)31;3-1(4)2(5)6/h2-12,17H,13-16,18-20H2,1H3;(H,3,4)(H,5,6). The van der Waals surface area contributed by atoms with Gasteiger partial charge in [-0.1, -0.05) is 54.6 Å². The molecule has 0 bridgehead atoms. The Labute approximate surface area is 226 Å². The highest BCUT2D eigenvalue weighted by Gasteiger charge is 2.21. The largest absolute Gasteiger partial charge is 0.493 e. The second-order valence-electron chi connectivity index (χ2n) is 8.81. The third kappa shape index (κ3) is 9.09. The van der Waals surface area contributed by atoms with E-state index in [-0.39, 0.29) is 10.6 Å². The number of carboxylic acids is 2. The molecule has 0 unspecified atom stereocenters. The molecule has 4 rings (SSSR count). The van der Waals surface area contributed by atoms with Gasteiger partial charge in [-0.2, -0.15) is 0 Å². The summed E-state index contributed by atoms with van der Waals surface area (Å²) in [6, 6.07) is 23.2. The Morgan fingerprint density at radius 1 is 0.821 bits per heavy atom. The molecule has 1 fully saturated rings. The number of ether oxygens (including phenoxy) is 2. The molecular weight excluding hydrogens is 506 g/mol. The highest BCUT2D eigenvalue weighted by atomic mass is 16.6. The molecular formula is C28H31N3O8. The summed E-state index contributed by atoms with van der Waals surface area (Å²) in [6.45, 7) is 5.49. The molecule has 0 spiro atoms. The zero-order valence-corrected chi connectivity index (χ0v) is 21.6. The summed E-state index contributed by atoms with van der Waals surface area (Å²) in [6.07, 6.45) is 0. The van der Waals surface area contributed by atoms with Gasteiger partial charge in [-0.3, -0.25) is 19.9 Å². The van der Waals surface area contributed by atoms with Crippen LogP contribution >= 0.6 is 0 Å². The number of nitro benzene ring substituents is 1. The monoisotopic (exact) mass is 537 g/mol. The highest BCUT2D eigenvalue weighted by Crippen LogP contribution is 2.29. The fraction of sp³-hybridized carbons (Fsp3) is 0.286.